The number of benzene rings is 1. The lowest BCUT2D eigenvalue weighted by atomic mass is 9.88. The summed E-state index contributed by atoms with van der Waals surface area (Å²) in [7, 11) is 0. The van der Waals surface area contributed by atoms with Crippen LogP contribution in [0.4, 0.5) is 5.69 Å². The second-order valence-electron chi connectivity index (χ2n) is 5.18. The van der Waals surface area contributed by atoms with Crippen LogP contribution in [0.5, 0.6) is 0 Å². The number of anilines is 1. The largest absolute Gasteiger partial charge is 0.324 e. The number of nitrogens with one attached hydrogen (secondary N) is 1. The molecule has 1 aromatic heterocycles. The molecule has 1 saturated carbocycles. The number of para-hydroxylation sites is 2. The molecule has 0 bridgehead atoms. The van der Waals surface area contributed by atoms with E-state index in [1.165, 1.54) is 12.7 Å². The highest BCUT2D eigenvalue weighted by Gasteiger charge is 2.21. The predicted octanol–water partition coefficient (Wildman–Crippen LogP) is 2.79. The molecular formula is C15H18N4O. The molecule has 1 aromatic carbocycles. The third-order valence-electron chi connectivity index (χ3n) is 3.80. The predicted molar refractivity (Wildman–Crippen MR) is 76.6 cm³/mol. The number of rotatable bonds is 3. The van der Waals surface area contributed by atoms with Crippen LogP contribution in [-0.2, 0) is 4.79 Å². The van der Waals surface area contributed by atoms with Crippen molar-refractivity contribution in [3.05, 3.63) is 36.9 Å². The van der Waals surface area contributed by atoms with E-state index in [4.69, 9.17) is 0 Å². The number of nitrogens with zero attached hydrogens (tertiary/aromatic N) is 3. The van der Waals surface area contributed by atoms with Crippen LogP contribution in [0.1, 0.15) is 32.1 Å². The summed E-state index contributed by atoms with van der Waals surface area (Å²) in [5, 5.41) is 7.16. The Morgan fingerprint density at radius 3 is 2.75 bits per heavy atom. The Morgan fingerprint density at radius 2 is 2.00 bits per heavy atom. The Bertz CT molecular complexity index is 573. The number of hydrogen-bond acceptors (Lipinski definition) is 3. The molecule has 0 aliphatic heterocycles. The molecule has 0 unspecified atom stereocenters. The number of hydrogen-bond donors (Lipinski definition) is 1. The Morgan fingerprint density at radius 1 is 1.20 bits per heavy atom. The minimum atomic E-state index is 0.122. The molecule has 104 valence electrons. The maximum atomic E-state index is 12.3. The van der Waals surface area contributed by atoms with Crippen molar-refractivity contribution >= 4 is 11.6 Å². The summed E-state index contributed by atoms with van der Waals surface area (Å²) in [5.41, 5.74) is 1.63. The lowest BCUT2D eigenvalue weighted by Gasteiger charge is -2.21. The number of amides is 1. The average molecular weight is 270 g/mol. The van der Waals surface area contributed by atoms with Crippen LogP contribution in [-0.4, -0.2) is 20.7 Å². The van der Waals surface area contributed by atoms with E-state index in [-0.39, 0.29) is 11.8 Å². The van der Waals surface area contributed by atoms with Crippen LogP contribution in [0.3, 0.4) is 0 Å². The van der Waals surface area contributed by atoms with E-state index in [1.54, 1.807) is 11.0 Å². The third-order valence-corrected chi connectivity index (χ3v) is 3.80. The smallest absolute Gasteiger partial charge is 0.227 e. The fourth-order valence-electron chi connectivity index (χ4n) is 2.71. The molecule has 1 N–H and O–H groups in total. The summed E-state index contributed by atoms with van der Waals surface area (Å²) in [6.45, 7) is 0. The van der Waals surface area contributed by atoms with Crippen LogP contribution in [0.15, 0.2) is 36.9 Å². The molecule has 1 aliphatic rings. The van der Waals surface area contributed by atoms with Crippen molar-refractivity contribution < 1.29 is 4.79 Å². The molecule has 1 aliphatic carbocycles. The van der Waals surface area contributed by atoms with Crippen molar-refractivity contribution in [1.82, 2.24) is 14.8 Å². The minimum Gasteiger partial charge on any atom is -0.324 e. The summed E-state index contributed by atoms with van der Waals surface area (Å²) >= 11 is 0. The Labute approximate surface area is 118 Å². The second-order valence-corrected chi connectivity index (χ2v) is 5.18. The second kappa shape index (κ2) is 5.86. The van der Waals surface area contributed by atoms with Gasteiger partial charge in [0.25, 0.3) is 0 Å². The first kappa shape index (κ1) is 12.8. The molecule has 0 atom stereocenters. The van der Waals surface area contributed by atoms with E-state index < -0.39 is 0 Å². The maximum Gasteiger partial charge on any atom is 0.227 e. The third kappa shape index (κ3) is 2.71. The molecule has 2 aromatic rings. The molecule has 0 spiro atoms. The van der Waals surface area contributed by atoms with Crippen LogP contribution in [0.2, 0.25) is 0 Å². The first-order chi connectivity index (χ1) is 9.84. The SMILES string of the molecule is O=C(Nc1ccccc1-n1cncn1)C1CCCCC1. The van der Waals surface area contributed by atoms with Crippen LogP contribution >= 0.6 is 0 Å². The summed E-state index contributed by atoms with van der Waals surface area (Å²) in [4.78, 5) is 16.3. The van der Waals surface area contributed by atoms with Crippen molar-refractivity contribution in [2.24, 2.45) is 5.92 Å². The molecule has 20 heavy (non-hydrogen) atoms. The van der Waals surface area contributed by atoms with Crippen LogP contribution in [0, 0.1) is 5.92 Å². The summed E-state index contributed by atoms with van der Waals surface area (Å²) in [5.74, 6) is 0.268. The van der Waals surface area contributed by atoms with Gasteiger partial charge in [0.05, 0.1) is 11.4 Å². The van der Waals surface area contributed by atoms with E-state index in [0.717, 1.165) is 37.1 Å². The highest BCUT2D eigenvalue weighted by atomic mass is 16.1. The molecule has 1 heterocycles. The standard InChI is InChI=1S/C15H18N4O/c20-15(12-6-2-1-3-7-12)18-13-8-4-5-9-14(13)19-11-16-10-17-19/h4-5,8-12H,1-3,6-7H2,(H,18,20). The van der Waals surface area contributed by atoms with Gasteiger partial charge in [-0.2, -0.15) is 5.10 Å². The number of carbonyl (C=O) groups is 1. The van der Waals surface area contributed by atoms with E-state index in [2.05, 4.69) is 15.4 Å². The highest BCUT2D eigenvalue weighted by Crippen LogP contribution is 2.26. The zero-order chi connectivity index (χ0) is 13.8. The van der Waals surface area contributed by atoms with Crippen molar-refractivity contribution in [1.29, 1.82) is 0 Å². The Kier molecular flexibility index (Phi) is 3.76. The van der Waals surface area contributed by atoms with Crippen molar-refractivity contribution in [3.63, 3.8) is 0 Å². The van der Waals surface area contributed by atoms with Gasteiger partial charge in [-0.15, -0.1) is 0 Å². The molecular weight excluding hydrogens is 252 g/mol. The quantitative estimate of drug-likeness (QED) is 0.933. The van der Waals surface area contributed by atoms with Gasteiger partial charge in [-0.1, -0.05) is 31.4 Å². The topological polar surface area (TPSA) is 59.8 Å². The van der Waals surface area contributed by atoms with E-state index in [0.29, 0.717) is 0 Å². The normalized spacial score (nSPS) is 16.0. The summed E-state index contributed by atoms with van der Waals surface area (Å²) < 4.78 is 1.66. The fraction of sp³-hybridized carbons (Fsp3) is 0.400. The lowest BCUT2D eigenvalue weighted by Crippen LogP contribution is -2.25. The minimum absolute atomic E-state index is 0.122. The van der Waals surface area contributed by atoms with E-state index >= 15 is 0 Å². The van der Waals surface area contributed by atoms with Gasteiger partial charge in [0.1, 0.15) is 12.7 Å². The number of aromatic nitrogens is 3. The highest BCUT2D eigenvalue weighted by molar-refractivity contribution is 5.94. The van der Waals surface area contributed by atoms with Gasteiger partial charge in [0.15, 0.2) is 0 Å². The fourth-order valence-corrected chi connectivity index (χ4v) is 2.71. The van der Waals surface area contributed by atoms with Crippen LogP contribution < -0.4 is 5.32 Å². The maximum absolute atomic E-state index is 12.3. The van der Waals surface area contributed by atoms with Crippen LogP contribution in [0.25, 0.3) is 5.69 Å². The number of carbonyl (C=O) groups excluding carboxylic acids is 1. The molecule has 1 fully saturated rings. The summed E-state index contributed by atoms with van der Waals surface area (Å²) in [6.07, 6.45) is 8.67. The van der Waals surface area contributed by atoms with Gasteiger partial charge in [-0.3, -0.25) is 4.79 Å². The average Bonchev–Trinajstić information content (AvgIpc) is 3.03. The molecule has 0 saturated heterocycles. The molecule has 5 heteroatoms. The Balaban J connectivity index is 1.79. The first-order valence-corrected chi connectivity index (χ1v) is 7.09. The van der Waals surface area contributed by atoms with Crippen molar-refractivity contribution in [2.75, 3.05) is 5.32 Å². The molecule has 3 rings (SSSR count). The van der Waals surface area contributed by atoms with Crippen molar-refractivity contribution in [2.45, 2.75) is 32.1 Å². The first-order valence-electron chi connectivity index (χ1n) is 7.09. The lowest BCUT2D eigenvalue weighted by molar-refractivity contribution is -0.120. The molecule has 5 nitrogen and oxygen atoms in total. The van der Waals surface area contributed by atoms with Gasteiger partial charge in [0, 0.05) is 5.92 Å². The van der Waals surface area contributed by atoms with Gasteiger partial charge in [0.2, 0.25) is 5.91 Å². The van der Waals surface area contributed by atoms with E-state index in [9.17, 15) is 4.79 Å². The zero-order valence-electron chi connectivity index (χ0n) is 11.3. The van der Waals surface area contributed by atoms with Gasteiger partial charge in [-0.05, 0) is 25.0 Å². The van der Waals surface area contributed by atoms with Gasteiger partial charge >= 0.3 is 0 Å². The molecule has 1 amide bonds. The Hall–Kier alpha value is -2.17. The van der Waals surface area contributed by atoms with Gasteiger partial charge in [-0.25, -0.2) is 9.67 Å². The zero-order valence-corrected chi connectivity index (χ0v) is 11.3. The van der Waals surface area contributed by atoms with Gasteiger partial charge < -0.3 is 5.32 Å². The summed E-state index contributed by atoms with van der Waals surface area (Å²) in [6, 6.07) is 7.66. The monoisotopic (exact) mass is 270 g/mol. The van der Waals surface area contributed by atoms with Crippen molar-refractivity contribution in [3.8, 4) is 5.69 Å². The molecule has 0 radical (unpaired) electrons. The van der Waals surface area contributed by atoms with E-state index in [1.807, 2.05) is 24.3 Å².